The van der Waals surface area contributed by atoms with E-state index in [4.69, 9.17) is 11.5 Å². The number of nitrogen functional groups attached to an aromatic ring is 2. The maximum atomic E-state index is 10.5. The zero-order valence-electron chi connectivity index (χ0n) is 22.3. The first-order valence-electron chi connectivity index (χ1n) is 13.6. The molecule has 2 aromatic rings. The van der Waals surface area contributed by atoms with Crippen LogP contribution in [0.2, 0.25) is 0 Å². The van der Waals surface area contributed by atoms with Crippen LogP contribution in [-0.2, 0) is 40.1 Å². The summed E-state index contributed by atoms with van der Waals surface area (Å²) in [4.78, 5) is 42.4. The van der Waals surface area contributed by atoms with Gasteiger partial charge < -0.3 is 11.5 Å². The highest BCUT2D eigenvalue weighted by Crippen LogP contribution is 2.29. The largest absolute Gasteiger partial charge is 0.375 e. The Kier molecular flexibility index (Phi) is 17.2. The molecule has 2 heterocycles. The fourth-order valence-electron chi connectivity index (χ4n) is 4.73. The molecule has 0 bridgehead atoms. The number of carbonyl (C=O) groups excluding carboxylic acids is 3. The fraction of sp³-hybridized carbons (Fsp3) is 0.667. The molecule has 0 saturated heterocycles. The van der Waals surface area contributed by atoms with Gasteiger partial charge in [-0.25, -0.2) is 9.97 Å². The number of nitrogens with zero attached hydrogens (tertiary/aromatic N) is 2. The number of aryl methyl sites for hydroxylation is 4. The van der Waals surface area contributed by atoms with Gasteiger partial charge in [0.25, 0.3) is 0 Å². The second kappa shape index (κ2) is 19.4. The van der Waals surface area contributed by atoms with E-state index in [0.29, 0.717) is 17.3 Å². The van der Waals surface area contributed by atoms with Crippen LogP contribution in [0.5, 0.6) is 0 Å². The van der Waals surface area contributed by atoms with E-state index in [0.717, 1.165) is 93.7 Å². The van der Waals surface area contributed by atoms with Gasteiger partial charge in [0, 0.05) is 70.1 Å². The third-order valence-corrected chi connectivity index (χ3v) is 9.72. The average Bonchev–Trinajstić information content (AvgIpc) is 3.72. The first kappa shape index (κ1) is 34.5. The minimum Gasteiger partial charge on any atom is -0.375 e. The van der Waals surface area contributed by atoms with Crippen molar-refractivity contribution >= 4 is 94.5 Å². The number of nitrogens with two attached hydrogens (primary N) is 2. The molecule has 0 aromatic carbocycles. The highest BCUT2D eigenvalue weighted by molar-refractivity contribution is 9.93. The molecule has 39 heavy (non-hydrogen) atoms. The van der Waals surface area contributed by atoms with E-state index in [2.05, 4.69) is 54.2 Å². The van der Waals surface area contributed by atoms with Gasteiger partial charge in [0.15, 0.2) is 10.3 Å². The van der Waals surface area contributed by atoms with Crippen LogP contribution >= 0.6 is 66.9 Å². The number of hydrogen-bond acceptors (Lipinski definition) is 9. The number of ketones is 3. The maximum Gasteiger partial charge on any atom is 0.180 e. The van der Waals surface area contributed by atoms with Crippen LogP contribution in [0.4, 0.5) is 10.3 Å². The number of aromatic nitrogens is 2. The van der Waals surface area contributed by atoms with Crippen LogP contribution in [0.3, 0.4) is 0 Å². The number of thiazole rings is 2. The summed E-state index contributed by atoms with van der Waals surface area (Å²) >= 11 is 12.0. The van der Waals surface area contributed by atoms with Crippen LogP contribution in [0, 0.1) is 0 Å². The topological polar surface area (TPSA) is 129 Å². The summed E-state index contributed by atoms with van der Waals surface area (Å²) in [6, 6.07) is 0. The monoisotopic (exact) mass is 768 g/mol. The first-order chi connectivity index (χ1) is 18.8. The van der Waals surface area contributed by atoms with Gasteiger partial charge >= 0.3 is 0 Å². The number of Topliss-reactive ketones (excluding diaryl/α,β-unsaturated/α-hetero) is 3. The van der Waals surface area contributed by atoms with E-state index in [-0.39, 0.29) is 4.83 Å². The zero-order valence-corrected chi connectivity index (χ0v) is 28.7. The van der Waals surface area contributed by atoms with Crippen LogP contribution in [-0.4, -0.2) is 32.1 Å². The molecule has 5 aliphatic rings. The Morgan fingerprint density at radius 2 is 1.00 bits per heavy atom. The summed E-state index contributed by atoms with van der Waals surface area (Å²) in [5, 5.41) is 1.47. The Morgan fingerprint density at radius 1 is 0.590 bits per heavy atom. The second-order valence-electron chi connectivity index (χ2n) is 9.87. The molecule has 5 aliphatic carbocycles. The van der Waals surface area contributed by atoms with E-state index >= 15 is 0 Å². The lowest BCUT2D eigenvalue weighted by Gasteiger charge is -1.88. The number of alkyl halides is 1. The van der Waals surface area contributed by atoms with Crippen molar-refractivity contribution in [3.8, 4) is 0 Å². The van der Waals surface area contributed by atoms with Gasteiger partial charge in [-0.3, -0.25) is 14.4 Å². The van der Waals surface area contributed by atoms with E-state index in [9.17, 15) is 14.4 Å². The van der Waals surface area contributed by atoms with Crippen molar-refractivity contribution in [2.75, 3.05) is 11.5 Å². The molecular formula is C27H39Br3N4O3S2. The van der Waals surface area contributed by atoms with Gasteiger partial charge in [-0.2, -0.15) is 0 Å². The zero-order chi connectivity index (χ0) is 28.6. The van der Waals surface area contributed by atoms with E-state index in [1.54, 1.807) is 22.7 Å². The summed E-state index contributed by atoms with van der Waals surface area (Å²) in [5.41, 5.74) is 13.5. The second-order valence-corrected chi connectivity index (χ2v) is 13.2. The van der Waals surface area contributed by atoms with Crippen molar-refractivity contribution in [1.29, 1.82) is 0 Å². The third-order valence-electron chi connectivity index (χ3n) is 6.78. The highest BCUT2D eigenvalue weighted by Gasteiger charge is 2.20. The van der Waals surface area contributed by atoms with Gasteiger partial charge in [-0.1, -0.05) is 15.9 Å². The highest BCUT2D eigenvalue weighted by atomic mass is 80.9. The summed E-state index contributed by atoms with van der Waals surface area (Å²) in [5.74, 6) is 1.28. The van der Waals surface area contributed by atoms with E-state index in [1.165, 1.54) is 46.8 Å². The molecular weight excluding hydrogens is 732 g/mol. The van der Waals surface area contributed by atoms with E-state index < -0.39 is 0 Å². The van der Waals surface area contributed by atoms with Crippen molar-refractivity contribution in [2.45, 2.75) is 114 Å². The Bertz CT molecular complexity index is 932. The molecule has 2 aromatic heterocycles. The van der Waals surface area contributed by atoms with Crippen molar-refractivity contribution < 1.29 is 14.4 Å². The lowest BCUT2D eigenvalue weighted by Crippen LogP contribution is -2.01. The number of rotatable bonds is 0. The SMILES string of the molecule is BrBr.Nc1nc2c(s1)CCC2.Nc1nc2c(s1)CCC2.O=C1CCCC1.O=C1CCCC1.O=C1CCCC1Br. The molecule has 218 valence electrons. The average molecular weight is 771 g/mol. The fourth-order valence-corrected chi connectivity index (χ4v) is 7.13. The predicted molar refractivity (Wildman–Crippen MR) is 173 cm³/mol. The summed E-state index contributed by atoms with van der Waals surface area (Å²) < 4.78 is 0. The number of anilines is 2. The Morgan fingerprint density at radius 3 is 1.23 bits per heavy atom. The van der Waals surface area contributed by atoms with Crippen LogP contribution < -0.4 is 11.5 Å². The van der Waals surface area contributed by atoms with Crippen LogP contribution in [0.25, 0.3) is 0 Å². The standard InChI is InChI=1S/2C6H8N2S.C5H7BrO.2C5H8O.Br2/c2*7-6-8-4-2-1-3-5(4)9-6;6-4-2-1-3-5(4)7;2*6-5-3-1-2-4-5;1-2/h2*1-3H2,(H2,7,8);4H,1-3H2;2*1-4H2;. The first-order valence-corrected chi connectivity index (χ1v) is 19.9. The van der Waals surface area contributed by atoms with Crippen molar-refractivity contribution in [1.82, 2.24) is 9.97 Å². The Hall–Kier alpha value is -0.690. The minimum atomic E-state index is 0.187. The third kappa shape index (κ3) is 13.2. The molecule has 7 rings (SSSR count). The normalized spacial score (nSPS) is 20.1. The molecule has 4 N–H and O–H groups in total. The number of carbonyl (C=O) groups is 3. The molecule has 0 radical (unpaired) electrons. The molecule has 1 unspecified atom stereocenters. The van der Waals surface area contributed by atoms with Gasteiger partial charge in [0.2, 0.25) is 0 Å². The molecule has 0 aliphatic heterocycles. The van der Waals surface area contributed by atoms with Crippen molar-refractivity contribution in [3.63, 3.8) is 0 Å². The molecule has 0 amide bonds. The lowest BCUT2D eigenvalue weighted by atomic mass is 10.4. The van der Waals surface area contributed by atoms with Crippen molar-refractivity contribution in [3.05, 3.63) is 21.1 Å². The number of hydrogen-bond donors (Lipinski definition) is 2. The minimum absolute atomic E-state index is 0.187. The molecule has 7 nitrogen and oxygen atoms in total. The van der Waals surface area contributed by atoms with E-state index in [1.807, 2.05) is 0 Å². The van der Waals surface area contributed by atoms with Gasteiger partial charge in [0.05, 0.1) is 16.2 Å². The Labute approximate surface area is 263 Å². The number of halogens is 3. The molecule has 1 atom stereocenters. The van der Waals surface area contributed by atoms with Crippen LogP contribution in [0.1, 0.15) is 105 Å². The predicted octanol–water partition coefficient (Wildman–Crippen LogP) is 7.88. The van der Waals surface area contributed by atoms with Gasteiger partial charge in [-0.05, 0) is 77.0 Å². The van der Waals surface area contributed by atoms with Gasteiger partial charge in [-0.15, -0.1) is 22.7 Å². The maximum absolute atomic E-state index is 10.5. The molecule has 3 saturated carbocycles. The van der Waals surface area contributed by atoms with Gasteiger partial charge in [0.1, 0.15) is 17.3 Å². The smallest absolute Gasteiger partial charge is 0.180 e. The molecule has 12 heteroatoms. The summed E-state index contributed by atoms with van der Waals surface area (Å²) in [6.07, 6.45) is 18.1. The van der Waals surface area contributed by atoms with Crippen LogP contribution in [0.15, 0.2) is 0 Å². The summed E-state index contributed by atoms with van der Waals surface area (Å²) in [6.45, 7) is 0. The number of fused-ring (bicyclic) bond motifs is 2. The van der Waals surface area contributed by atoms with Crippen molar-refractivity contribution in [2.24, 2.45) is 0 Å². The summed E-state index contributed by atoms with van der Waals surface area (Å²) in [7, 11) is 0. The quantitative estimate of drug-likeness (QED) is 0.261. The lowest BCUT2D eigenvalue weighted by molar-refractivity contribution is -0.118. The Balaban J connectivity index is 0.000000170. The molecule has 3 fully saturated rings. The molecule has 0 spiro atoms.